The Morgan fingerprint density at radius 3 is 2.71 bits per heavy atom. The van der Waals surface area contributed by atoms with Crippen LogP contribution in [0.3, 0.4) is 0 Å². The van der Waals surface area contributed by atoms with E-state index in [2.05, 4.69) is 48.1 Å². The Hall–Kier alpha value is -3.44. The Kier molecular flexibility index (Phi) is 5.87. The summed E-state index contributed by atoms with van der Waals surface area (Å²) in [5.41, 5.74) is 0.433. The molecule has 12 nitrogen and oxygen atoms in total. The number of H-pyrrole nitrogens is 1. The lowest BCUT2D eigenvalue weighted by Gasteiger charge is -2.28. The Morgan fingerprint density at radius 1 is 1.32 bits per heavy atom. The summed E-state index contributed by atoms with van der Waals surface area (Å²) in [5, 5.41) is 30.9. The Bertz CT molecular complexity index is 848. The molecule has 5 N–H and O–H groups in total. The van der Waals surface area contributed by atoms with Gasteiger partial charge in [-0.25, -0.2) is 9.78 Å². The summed E-state index contributed by atoms with van der Waals surface area (Å²) in [6.45, 7) is 7.78. The molecule has 1 fully saturated rings. The number of rotatable bonds is 6. The maximum atomic E-state index is 11.8. The molecule has 3 heterocycles. The van der Waals surface area contributed by atoms with Gasteiger partial charge < -0.3 is 20.1 Å². The van der Waals surface area contributed by atoms with E-state index in [1.165, 1.54) is 6.42 Å². The number of aromatic amines is 1. The number of anilines is 1. The van der Waals surface area contributed by atoms with Gasteiger partial charge in [0.05, 0.1) is 0 Å². The number of imidazole rings is 1. The van der Waals surface area contributed by atoms with E-state index in [0.29, 0.717) is 35.5 Å². The van der Waals surface area contributed by atoms with E-state index >= 15 is 0 Å². The first-order valence-corrected chi connectivity index (χ1v) is 9.16. The first-order chi connectivity index (χ1) is 13.5. The number of urea groups is 1. The van der Waals surface area contributed by atoms with Crippen molar-refractivity contribution in [1.29, 1.82) is 5.41 Å². The van der Waals surface area contributed by atoms with Gasteiger partial charge >= 0.3 is 6.03 Å². The molecular formula is C16H25N11O. The molecule has 0 spiro atoms. The van der Waals surface area contributed by atoms with E-state index < -0.39 is 0 Å². The zero-order chi connectivity index (χ0) is 20.1. The summed E-state index contributed by atoms with van der Waals surface area (Å²) < 4.78 is 1.71. The number of likely N-dealkylation sites (tertiary alicyclic amines) is 1. The lowest BCUT2D eigenvalue weighted by Crippen LogP contribution is -2.38. The second-order valence-electron chi connectivity index (χ2n) is 6.41. The molecule has 0 radical (unpaired) electrons. The zero-order valence-electron chi connectivity index (χ0n) is 16.0. The largest absolute Gasteiger partial charge is 0.355 e. The Labute approximate surface area is 162 Å². The number of piperidine rings is 1. The van der Waals surface area contributed by atoms with E-state index in [4.69, 9.17) is 5.41 Å². The minimum atomic E-state index is -0.367. The van der Waals surface area contributed by atoms with E-state index in [-0.39, 0.29) is 11.9 Å². The molecule has 2 aromatic rings. The van der Waals surface area contributed by atoms with Gasteiger partial charge in [0.2, 0.25) is 5.82 Å². The molecule has 1 saturated heterocycles. The molecule has 0 bridgehead atoms. The lowest BCUT2D eigenvalue weighted by atomic mass is 10.1. The van der Waals surface area contributed by atoms with E-state index in [9.17, 15) is 4.79 Å². The molecule has 28 heavy (non-hydrogen) atoms. The predicted molar refractivity (Wildman–Crippen MR) is 104 cm³/mol. The minimum Gasteiger partial charge on any atom is -0.355 e. The molecule has 0 saturated carbocycles. The number of tetrazole rings is 1. The maximum absolute atomic E-state index is 11.8. The van der Waals surface area contributed by atoms with Gasteiger partial charge in [-0.1, -0.05) is 6.58 Å². The molecule has 0 atom stereocenters. The van der Waals surface area contributed by atoms with Crippen molar-refractivity contribution >= 4 is 17.7 Å². The number of nitrogens with one attached hydrogen (secondary N) is 5. The van der Waals surface area contributed by atoms with Gasteiger partial charge in [0.25, 0.3) is 0 Å². The second kappa shape index (κ2) is 8.50. The van der Waals surface area contributed by atoms with E-state index in [1.54, 1.807) is 11.6 Å². The van der Waals surface area contributed by atoms with Gasteiger partial charge in [-0.2, -0.15) is 5.21 Å². The highest BCUT2D eigenvalue weighted by Crippen LogP contribution is 2.25. The van der Waals surface area contributed by atoms with Gasteiger partial charge in [0.1, 0.15) is 17.3 Å². The highest BCUT2D eigenvalue weighted by atomic mass is 16.2. The number of amidine groups is 1. The molecule has 1 aliphatic heterocycles. The van der Waals surface area contributed by atoms with Crippen molar-refractivity contribution in [2.75, 3.05) is 25.0 Å². The van der Waals surface area contributed by atoms with Crippen molar-refractivity contribution in [2.24, 2.45) is 7.05 Å². The van der Waals surface area contributed by atoms with Crippen LogP contribution < -0.4 is 16.0 Å². The third kappa shape index (κ3) is 4.10. The number of nitrogens with zero attached hydrogens (tertiary/aromatic N) is 6. The smallest absolute Gasteiger partial charge is 0.320 e. The Balaban J connectivity index is 1.90. The predicted octanol–water partition coefficient (Wildman–Crippen LogP) is 0.614. The fraction of sp³-hybridized carbons (Fsp3) is 0.500. The number of carbonyl (C=O) groups is 1. The lowest BCUT2D eigenvalue weighted by molar-refractivity contribution is 0.244. The van der Waals surface area contributed by atoms with Gasteiger partial charge in [-0.15, -0.1) is 10.2 Å². The zero-order valence-corrected chi connectivity index (χ0v) is 16.0. The highest BCUT2D eigenvalue weighted by molar-refractivity contribution is 6.00. The van der Waals surface area contributed by atoms with Gasteiger partial charge in [0.15, 0.2) is 11.7 Å². The van der Waals surface area contributed by atoms with Crippen LogP contribution >= 0.6 is 0 Å². The molecule has 2 amide bonds. The van der Waals surface area contributed by atoms with Crippen LogP contribution in [0.5, 0.6) is 0 Å². The normalized spacial score (nSPS) is 13.9. The maximum Gasteiger partial charge on any atom is 0.320 e. The standard InChI is InChI=1S/C16H25N11O/c1-4-18-16(28)20-10(2)19-14-11(12(17)27-8-6-5-7-9-27)21-15(26(14)3)13-22-24-25-23-13/h17,19H,2,4-9H2,1,3H3,(H2,18,20,28)(H,22,23,24,25). The van der Waals surface area contributed by atoms with Crippen LogP contribution in [0.4, 0.5) is 10.6 Å². The van der Waals surface area contributed by atoms with Crippen LogP contribution in [0.25, 0.3) is 11.6 Å². The quantitative estimate of drug-likeness (QED) is 0.360. The van der Waals surface area contributed by atoms with Crippen molar-refractivity contribution in [3.05, 3.63) is 18.1 Å². The van der Waals surface area contributed by atoms with Crippen molar-refractivity contribution in [3.8, 4) is 11.6 Å². The summed E-state index contributed by atoms with van der Waals surface area (Å²) >= 11 is 0. The summed E-state index contributed by atoms with van der Waals surface area (Å²) in [5.74, 6) is 1.83. The first-order valence-electron chi connectivity index (χ1n) is 9.16. The Morgan fingerprint density at radius 2 is 2.07 bits per heavy atom. The third-order valence-electron chi connectivity index (χ3n) is 4.41. The molecule has 0 unspecified atom stereocenters. The van der Waals surface area contributed by atoms with Gasteiger partial charge in [-0.05, 0) is 31.4 Å². The van der Waals surface area contributed by atoms with Crippen molar-refractivity contribution in [2.45, 2.75) is 26.2 Å². The number of hydrogen-bond donors (Lipinski definition) is 5. The summed E-state index contributed by atoms with van der Waals surface area (Å²) in [4.78, 5) is 18.3. The summed E-state index contributed by atoms with van der Waals surface area (Å²) in [6, 6.07) is -0.367. The minimum absolute atomic E-state index is 0.265. The van der Waals surface area contributed by atoms with Crippen LogP contribution in [0.15, 0.2) is 12.4 Å². The third-order valence-corrected chi connectivity index (χ3v) is 4.41. The highest BCUT2D eigenvalue weighted by Gasteiger charge is 2.26. The SMILES string of the molecule is C=C(NC(=O)NCC)Nc1c(C(=N)N2CCCCC2)nc(-c2nn[nH]n2)n1C. The first kappa shape index (κ1) is 19.3. The topological polar surface area (TPSA) is 153 Å². The molecule has 0 aromatic carbocycles. The fourth-order valence-corrected chi connectivity index (χ4v) is 3.05. The summed E-state index contributed by atoms with van der Waals surface area (Å²) in [6.07, 6.45) is 3.25. The van der Waals surface area contributed by atoms with Crippen LogP contribution in [0, 0.1) is 5.41 Å². The average Bonchev–Trinajstić information content (AvgIpc) is 3.31. The molecule has 1 aliphatic rings. The van der Waals surface area contributed by atoms with Gasteiger partial charge in [-0.3, -0.25) is 10.7 Å². The molecule has 3 rings (SSSR count). The van der Waals surface area contributed by atoms with Crippen LogP contribution in [0.2, 0.25) is 0 Å². The number of amides is 2. The monoisotopic (exact) mass is 387 g/mol. The van der Waals surface area contributed by atoms with Crippen LogP contribution in [-0.2, 0) is 7.05 Å². The van der Waals surface area contributed by atoms with Gasteiger partial charge in [0, 0.05) is 26.7 Å². The fourth-order valence-electron chi connectivity index (χ4n) is 3.05. The molecule has 2 aromatic heterocycles. The van der Waals surface area contributed by atoms with Crippen LogP contribution in [-0.4, -0.2) is 66.6 Å². The molecule has 150 valence electrons. The molecule has 0 aliphatic carbocycles. The number of aromatic nitrogens is 6. The average molecular weight is 387 g/mol. The second-order valence-corrected chi connectivity index (χ2v) is 6.41. The van der Waals surface area contributed by atoms with Crippen molar-refractivity contribution < 1.29 is 4.79 Å². The molecule has 12 heteroatoms. The van der Waals surface area contributed by atoms with E-state index in [1.807, 2.05) is 11.8 Å². The van der Waals surface area contributed by atoms with Crippen LogP contribution in [0.1, 0.15) is 31.9 Å². The number of hydrogen-bond acceptors (Lipinski definition) is 7. The van der Waals surface area contributed by atoms with Crippen molar-refractivity contribution in [3.63, 3.8) is 0 Å². The summed E-state index contributed by atoms with van der Waals surface area (Å²) in [7, 11) is 1.77. The van der Waals surface area contributed by atoms with Crippen molar-refractivity contribution in [1.82, 2.24) is 45.7 Å². The van der Waals surface area contributed by atoms with E-state index in [0.717, 1.165) is 25.9 Å². The number of carbonyl (C=O) groups excluding carboxylic acids is 1. The molecular weight excluding hydrogens is 362 g/mol.